The molecule has 0 unspecified atom stereocenters. The maximum Gasteiger partial charge on any atom is 0.276 e. The van der Waals surface area contributed by atoms with Gasteiger partial charge in [0.2, 0.25) is 0 Å². The quantitative estimate of drug-likeness (QED) is 0.452. The van der Waals surface area contributed by atoms with Crippen molar-refractivity contribution in [2.45, 2.75) is 38.3 Å². The van der Waals surface area contributed by atoms with E-state index in [1.807, 2.05) is 25.1 Å². The van der Waals surface area contributed by atoms with Gasteiger partial charge < -0.3 is 31.7 Å². The van der Waals surface area contributed by atoms with Crippen LogP contribution in [0.15, 0.2) is 42.7 Å². The minimum Gasteiger partial charge on any atom is -0.397 e. The number of nitrogens with one attached hydrogen (secondary N) is 1. The van der Waals surface area contributed by atoms with Crippen LogP contribution in [0.5, 0.6) is 0 Å². The van der Waals surface area contributed by atoms with Crippen LogP contribution in [-0.4, -0.2) is 59.3 Å². The number of nitrogens with zero attached hydrogens (tertiary/aromatic N) is 4. The lowest BCUT2D eigenvalue weighted by molar-refractivity contribution is 0.0785. The van der Waals surface area contributed by atoms with Gasteiger partial charge in [0.1, 0.15) is 0 Å². The summed E-state index contributed by atoms with van der Waals surface area (Å²) in [5.74, 6) is -0.390. The summed E-state index contributed by atoms with van der Waals surface area (Å²) in [6.07, 6.45) is 6.38. The van der Waals surface area contributed by atoms with Crippen LogP contribution in [-0.2, 0) is 0 Å². The smallest absolute Gasteiger partial charge is 0.276 e. The first-order chi connectivity index (χ1) is 16.9. The minimum atomic E-state index is -0.553. The number of hydrogen-bond acceptors (Lipinski definition) is 8. The van der Waals surface area contributed by atoms with Crippen LogP contribution in [0.1, 0.15) is 36.7 Å². The van der Waals surface area contributed by atoms with Gasteiger partial charge in [-0.25, -0.2) is 4.98 Å². The summed E-state index contributed by atoms with van der Waals surface area (Å²) in [6.45, 7) is 5.14. The molecule has 4 heterocycles. The van der Waals surface area contributed by atoms with Gasteiger partial charge in [0.15, 0.2) is 5.69 Å². The molecule has 0 radical (unpaired) electrons. The van der Waals surface area contributed by atoms with Gasteiger partial charge in [0.05, 0.1) is 34.9 Å². The molecule has 2 aliphatic heterocycles. The zero-order valence-electron chi connectivity index (χ0n) is 20.0. The van der Waals surface area contributed by atoms with E-state index in [1.54, 1.807) is 18.5 Å². The van der Waals surface area contributed by atoms with Gasteiger partial charge >= 0.3 is 0 Å². The summed E-state index contributed by atoms with van der Waals surface area (Å²) in [7, 11) is 0. The molecule has 9 heteroatoms. The zero-order chi connectivity index (χ0) is 24.5. The van der Waals surface area contributed by atoms with Gasteiger partial charge in [-0.05, 0) is 43.5 Å². The average Bonchev–Trinajstić information content (AvgIpc) is 2.87. The number of aliphatic hydroxyl groups is 1. The highest BCUT2D eigenvalue weighted by Gasteiger charge is 2.32. The summed E-state index contributed by atoms with van der Waals surface area (Å²) in [5.41, 5.74) is 16.1. The van der Waals surface area contributed by atoms with E-state index in [1.165, 1.54) is 19.3 Å². The standard InChI is InChI=1S/C26H33N7O2/c1-16-14-33(15-20(28)25(16)34)23-7-8-29-13-22(23)31-26(35)24-19(27)11-17-5-6-18(12-21(17)30-24)32-9-3-2-4-10-32/h5-8,11-13,16,20,25,34H,2-4,9-10,14-15,27-28H2,1H3,(H,31,35)/t16-,20+,25+/m0/s1. The second-order valence-electron chi connectivity index (χ2n) is 9.73. The highest BCUT2D eigenvalue weighted by molar-refractivity contribution is 6.09. The van der Waals surface area contributed by atoms with Crippen LogP contribution < -0.4 is 26.6 Å². The van der Waals surface area contributed by atoms with Gasteiger partial charge in [0, 0.05) is 55.4 Å². The third kappa shape index (κ3) is 4.74. The monoisotopic (exact) mass is 475 g/mol. The molecule has 184 valence electrons. The first kappa shape index (κ1) is 23.3. The molecule has 1 amide bonds. The first-order valence-corrected chi connectivity index (χ1v) is 12.3. The molecule has 35 heavy (non-hydrogen) atoms. The van der Waals surface area contributed by atoms with Crippen molar-refractivity contribution in [3.05, 3.63) is 48.4 Å². The number of amides is 1. The van der Waals surface area contributed by atoms with Gasteiger partial charge in [-0.3, -0.25) is 9.78 Å². The molecular formula is C26H33N7O2. The molecule has 5 rings (SSSR count). The lowest BCUT2D eigenvalue weighted by atomic mass is 9.92. The van der Waals surface area contributed by atoms with E-state index < -0.39 is 12.0 Å². The Morgan fingerprint density at radius 3 is 2.69 bits per heavy atom. The fraction of sp³-hybridized carbons (Fsp3) is 0.423. The second kappa shape index (κ2) is 9.67. The Kier molecular flexibility index (Phi) is 6.44. The summed E-state index contributed by atoms with van der Waals surface area (Å²) < 4.78 is 0. The largest absolute Gasteiger partial charge is 0.397 e. The molecular weight excluding hydrogens is 442 g/mol. The van der Waals surface area contributed by atoms with Crippen LogP contribution in [0, 0.1) is 5.92 Å². The summed E-state index contributed by atoms with van der Waals surface area (Å²) in [5, 5.41) is 14.1. The van der Waals surface area contributed by atoms with E-state index in [9.17, 15) is 9.90 Å². The molecule has 3 aromatic rings. The number of aliphatic hydroxyl groups excluding tert-OH is 1. The number of aromatic nitrogens is 2. The molecule has 0 bridgehead atoms. The SMILES string of the molecule is C[C@H]1CN(c2ccncc2NC(=O)c2nc3cc(N4CCCCC4)ccc3cc2N)C[C@@H](N)[C@@H]1O. The fourth-order valence-corrected chi connectivity index (χ4v) is 5.15. The van der Waals surface area contributed by atoms with E-state index in [-0.39, 0.29) is 17.7 Å². The van der Waals surface area contributed by atoms with E-state index in [2.05, 4.69) is 31.2 Å². The molecule has 0 spiro atoms. The van der Waals surface area contributed by atoms with E-state index in [0.717, 1.165) is 35.4 Å². The molecule has 2 fully saturated rings. The molecule has 0 aliphatic carbocycles. The predicted octanol–water partition coefficient (Wildman–Crippen LogP) is 2.60. The molecule has 0 saturated carbocycles. The highest BCUT2D eigenvalue weighted by atomic mass is 16.3. The van der Waals surface area contributed by atoms with Gasteiger partial charge in [-0.15, -0.1) is 0 Å². The molecule has 2 aromatic heterocycles. The Morgan fingerprint density at radius 2 is 1.91 bits per heavy atom. The second-order valence-corrected chi connectivity index (χ2v) is 9.73. The number of pyridine rings is 2. The predicted molar refractivity (Wildman–Crippen MR) is 140 cm³/mol. The van der Waals surface area contributed by atoms with Crippen LogP contribution in [0.4, 0.5) is 22.7 Å². The topological polar surface area (TPSA) is 134 Å². The van der Waals surface area contributed by atoms with Gasteiger partial charge in [-0.1, -0.05) is 13.0 Å². The lowest BCUT2D eigenvalue weighted by Gasteiger charge is -2.40. The lowest BCUT2D eigenvalue weighted by Crippen LogP contribution is -2.55. The van der Waals surface area contributed by atoms with Crippen LogP contribution >= 0.6 is 0 Å². The highest BCUT2D eigenvalue weighted by Crippen LogP contribution is 2.31. The number of benzene rings is 1. The molecule has 2 saturated heterocycles. The van der Waals surface area contributed by atoms with Crippen molar-refractivity contribution < 1.29 is 9.90 Å². The van der Waals surface area contributed by atoms with Crippen molar-refractivity contribution in [1.29, 1.82) is 0 Å². The normalized spacial score (nSPS) is 22.9. The first-order valence-electron chi connectivity index (χ1n) is 12.3. The van der Waals surface area contributed by atoms with Crippen molar-refractivity contribution in [2.24, 2.45) is 11.7 Å². The summed E-state index contributed by atoms with van der Waals surface area (Å²) >= 11 is 0. The third-order valence-corrected chi connectivity index (χ3v) is 7.12. The van der Waals surface area contributed by atoms with E-state index >= 15 is 0 Å². The molecule has 6 N–H and O–H groups in total. The Bertz CT molecular complexity index is 1220. The number of nitrogen functional groups attached to an aromatic ring is 1. The average molecular weight is 476 g/mol. The summed E-state index contributed by atoms with van der Waals surface area (Å²) in [6, 6.07) is 9.41. The Labute approximate surface area is 205 Å². The van der Waals surface area contributed by atoms with Crippen LogP contribution in [0.3, 0.4) is 0 Å². The van der Waals surface area contributed by atoms with Crippen LogP contribution in [0.25, 0.3) is 10.9 Å². The molecule has 2 aliphatic rings. The third-order valence-electron chi connectivity index (χ3n) is 7.12. The Balaban J connectivity index is 1.41. The number of carbonyl (C=O) groups is 1. The Morgan fingerprint density at radius 1 is 1.11 bits per heavy atom. The van der Waals surface area contributed by atoms with Crippen molar-refractivity contribution >= 4 is 39.6 Å². The fourth-order valence-electron chi connectivity index (χ4n) is 5.15. The number of carbonyl (C=O) groups excluding carboxylic acids is 1. The summed E-state index contributed by atoms with van der Waals surface area (Å²) in [4.78, 5) is 26.6. The van der Waals surface area contributed by atoms with E-state index in [0.29, 0.717) is 24.5 Å². The number of piperidine rings is 2. The van der Waals surface area contributed by atoms with Gasteiger partial charge in [-0.2, -0.15) is 0 Å². The van der Waals surface area contributed by atoms with Crippen molar-refractivity contribution in [1.82, 2.24) is 9.97 Å². The van der Waals surface area contributed by atoms with Gasteiger partial charge in [0.25, 0.3) is 5.91 Å². The van der Waals surface area contributed by atoms with Crippen molar-refractivity contribution in [3.8, 4) is 0 Å². The maximum absolute atomic E-state index is 13.3. The Hall–Kier alpha value is -3.43. The number of hydrogen-bond donors (Lipinski definition) is 4. The molecule has 1 aromatic carbocycles. The van der Waals surface area contributed by atoms with Crippen molar-refractivity contribution in [3.63, 3.8) is 0 Å². The van der Waals surface area contributed by atoms with E-state index in [4.69, 9.17) is 11.5 Å². The number of rotatable bonds is 4. The zero-order valence-corrected chi connectivity index (χ0v) is 20.0. The molecule has 9 nitrogen and oxygen atoms in total. The molecule has 3 atom stereocenters. The number of fused-ring (bicyclic) bond motifs is 1. The maximum atomic E-state index is 13.3. The van der Waals surface area contributed by atoms with Crippen molar-refractivity contribution in [2.75, 3.05) is 47.0 Å². The number of nitrogens with two attached hydrogens (primary N) is 2. The number of anilines is 4. The van der Waals surface area contributed by atoms with Crippen LogP contribution in [0.2, 0.25) is 0 Å². The minimum absolute atomic E-state index is 0.00219.